The molecule has 0 amide bonds. The topological polar surface area (TPSA) is 55.1 Å². The van der Waals surface area contributed by atoms with Crippen molar-refractivity contribution in [1.29, 1.82) is 0 Å². The Morgan fingerprint density at radius 3 is 2.71 bits per heavy atom. The number of hydrogen-bond donors (Lipinski definition) is 1. The first-order valence-corrected chi connectivity index (χ1v) is 9.53. The first-order chi connectivity index (χ1) is 11.6. The molecular weight excluding hydrogens is 388 g/mol. The smallest absolute Gasteiger partial charge is 0.313 e. The molecule has 0 saturated heterocycles. The lowest BCUT2D eigenvalue weighted by Crippen LogP contribution is -2.03. The Kier molecular flexibility index (Phi) is 4.10. The Morgan fingerprint density at radius 2 is 2.00 bits per heavy atom. The number of benzene rings is 2. The standard InChI is InChI=1S/C18H15BrN2O2S/c19-16-9-20-18(24-10-17(22)23)21(16)15-8-7-12(11-5-6-11)13-3-1-2-4-14(13)15/h1-4,7-9,11H,5-6,10H2,(H,22,23). The monoisotopic (exact) mass is 402 g/mol. The lowest BCUT2D eigenvalue weighted by Gasteiger charge is -2.14. The Morgan fingerprint density at radius 1 is 1.25 bits per heavy atom. The van der Waals surface area contributed by atoms with E-state index in [0.29, 0.717) is 11.1 Å². The van der Waals surface area contributed by atoms with Gasteiger partial charge in [0.25, 0.3) is 0 Å². The van der Waals surface area contributed by atoms with Crippen LogP contribution in [0.25, 0.3) is 16.5 Å². The zero-order chi connectivity index (χ0) is 16.7. The van der Waals surface area contributed by atoms with Crippen LogP contribution in [-0.4, -0.2) is 26.4 Å². The molecule has 1 aliphatic carbocycles. The first-order valence-electron chi connectivity index (χ1n) is 7.75. The minimum Gasteiger partial charge on any atom is -0.481 e. The van der Waals surface area contributed by atoms with Crippen molar-refractivity contribution in [2.45, 2.75) is 23.9 Å². The van der Waals surface area contributed by atoms with Gasteiger partial charge in [-0.3, -0.25) is 9.36 Å². The van der Waals surface area contributed by atoms with Crippen LogP contribution >= 0.6 is 27.7 Å². The van der Waals surface area contributed by atoms with Crippen molar-refractivity contribution in [1.82, 2.24) is 9.55 Å². The number of carbonyl (C=O) groups is 1. The third-order valence-corrected chi connectivity index (χ3v) is 5.70. The zero-order valence-electron chi connectivity index (χ0n) is 12.8. The van der Waals surface area contributed by atoms with E-state index >= 15 is 0 Å². The average Bonchev–Trinajstić information content (AvgIpc) is 3.35. The SMILES string of the molecule is O=C(O)CSc1ncc(Br)n1-c1ccc(C2CC2)c2ccccc12. The number of halogens is 1. The lowest BCUT2D eigenvalue weighted by molar-refractivity contribution is -0.133. The minimum absolute atomic E-state index is 0.0124. The van der Waals surface area contributed by atoms with E-state index in [1.165, 1.54) is 35.6 Å². The third-order valence-electron chi connectivity index (χ3n) is 4.20. The van der Waals surface area contributed by atoms with Crippen LogP contribution in [0.15, 0.2) is 52.4 Å². The maximum Gasteiger partial charge on any atom is 0.313 e. The second-order valence-electron chi connectivity index (χ2n) is 5.88. The molecule has 0 radical (unpaired) electrons. The van der Waals surface area contributed by atoms with Crippen molar-refractivity contribution < 1.29 is 9.90 Å². The van der Waals surface area contributed by atoms with Gasteiger partial charge in [0.2, 0.25) is 0 Å². The highest BCUT2D eigenvalue weighted by molar-refractivity contribution is 9.10. The molecule has 1 fully saturated rings. The summed E-state index contributed by atoms with van der Waals surface area (Å²) >= 11 is 4.77. The van der Waals surface area contributed by atoms with E-state index in [2.05, 4.69) is 51.2 Å². The van der Waals surface area contributed by atoms with Gasteiger partial charge in [-0.2, -0.15) is 0 Å². The molecule has 6 heteroatoms. The highest BCUT2D eigenvalue weighted by atomic mass is 79.9. The number of carboxylic acid groups (broad SMARTS) is 1. The largest absolute Gasteiger partial charge is 0.481 e. The summed E-state index contributed by atoms with van der Waals surface area (Å²) in [7, 11) is 0. The lowest BCUT2D eigenvalue weighted by atomic mass is 9.99. The number of carboxylic acids is 1. The predicted molar refractivity (Wildman–Crippen MR) is 99.1 cm³/mol. The molecule has 3 aromatic rings. The molecule has 1 N–H and O–H groups in total. The molecule has 0 atom stereocenters. The number of thioether (sulfide) groups is 1. The van der Waals surface area contributed by atoms with E-state index < -0.39 is 5.97 Å². The fraction of sp³-hybridized carbons (Fsp3) is 0.222. The summed E-state index contributed by atoms with van der Waals surface area (Å²) in [6, 6.07) is 12.7. The molecule has 0 spiro atoms. The number of hydrogen-bond acceptors (Lipinski definition) is 3. The van der Waals surface area contributed by atoms with Gasteiger partial charge >= 0.3 is 5.97 Å². The average molecular weight is 403 g/mol. The van der Waals surface area contributed by atoms with Crippen LogP contribution in [-0.2, 0) is 4.79 Å². The molecule has 4 nitrogen and oxygen atoms in total. The van der Waals surface area contributed by atoms with Crippen molar-refractivity contribution in [2.75, 3.05) is 5.75 Å². The molecule has 0 unspecified atom stereocenters. The quantitative estimate of drug-likeness (QED) is 0.620. The van der Waals surface area contributed by atoms with E-state index in [1.54, 1.807) is 6.20 Å². The van der Waals surface area contributed by atoms with Gasteiger partial charge in [0.15, 0.2) is 5.16 Å². The maximum absolute atomic E-state index is 10.9. The van der Waals surface area contributed by atoms with Gasteiger partial charge in [0.1, 0.15) is 4.60 Å². The van der Waals surface area contributed by atoms with Gasteiger partial charge < -0.3 is 5.11 Å². The van der Waals surface area contributed by atoms with Crippen molar-refractivity contribution in [2.24, 2.45) is 0 Å². The van der Waals surface area contributed by atoms with E-state index in [-0.39, 0.29) is 5.75 Å². The molecular formula is C18H15BrN2O2S. The maximum atomic E-state index is 10.9. The van der Waals surface area contributed by atoms with Crippen LogP contribution in [0.2, 0.25) is 0 Å². The number of fused-ring (bicyclic) bond motifs is 1. The fourth-order valence-electron chi connectivity index (χ4n) is 3.01. The molecule has 0 aliphatic heterocycles. The van der Waals surface area contributed by atoms with Gasteiger partial charge in [-0.15, -0.1) is 0 Å². The second kappa shape index (κ2) is 6.26. The van der Waals surface area contributed by atoms with E-state index in [1.807, 2.05) is 10.6 Å². The van der Waals surface area contributed by atoms with Gasteiger partial charge in [0.05, 0.1) is 17.6 Å². The summed E-state index contributed by atoms with van der Waals surface area (Å²) in [4.78, 5) is 15.3. The molecule has 1 aromatic heterocycles. The zero-order valence-corrected chi connectivity index (χ0v) is 15.2. The number of aromatic nitrogens is 2. The second-order valence-corrected chi connectivity index (χ2v) is 7.63. The summed E-state index contributed by atoms with van der Waals surface area (Å²) in [6.07, 6.45) is 4.24. The van der Waals surface area contributed by atoms with E-state index in [0.717, 1.165) is 15.7 Å². The predicted octanol–water partition coefficient (Wildman–Crippen LogP) is 4.84. The molecule has 4 rings (SSSR count). The molecule has 24 heavy (non-hydrogen) atoms. The normalized spacial score (nSPS) is 14.2. The van der Waals surface area contributed by atoms with Crippen LogP contribution in [0.4, 0.5) is 0 Å². The number of nitrogens with zero attached hydrogens (tertiary/aromatic N) is 2. The minimum atomic E-state index is -0.848. The Balaban J connectivity index is 1.87. The molecule has 1 heterocycles. The summed E-state index contributed by atoms with van der Waals surface area (Å²) in [5.41, 5.74) is 2.43. The summed E-state index contributed by atoms with van der Waals surface area (Å²) in [5.74, 6) is -0.183. The molecule has 1 aliphatic rings. The van der Waals surface area contributed by atoms with Crippen molar-refractivity contribution in [3.05, 3.63) is 52.8 Å². The summed E-state index contributed by atoms with van der Waals surface area (Å²) in [6.45, 7) is 0. The Labute approximate surface area is 152 Å². The number of aliphatic carboxylic acids is 1. The van der Waals surface area contributed by atoms with Crippen molar-refractivity contribution in [3.63, 3.8) is 0 Å². The Bertz CT molecular complexity index is 934. The highest BCUT2D eigenvalue weighted by Crippen LogP contribution is 2.44. The van der Waals surface area contributed by atoms with Crippen molar-refractivity contribution >= 4 is 44.4 Å². The van der Waals surface area contributed by atoms with Gasteiger partial charge in [0, 0.05) is 5.39 Å². The molecule has 0 bridgehead atoms. The highest BCUT2D eigenvalue weighted by Gasteiger charge is 2.26. The van der Waals surface area contributed by atoms with Gasteiger partial charge in [-0.1, -0.05) is 42.1 Å². The van der Waals surface area contributed by atoms with Crippen LogP contribution in [0.1, 0.15) is 24.3 Å². The molecule has 2 aromatic carbocycles. The first kappa shape index (κ1) is 15.7. The van der Waals surface area contributed by atoms with Gasteiger partial charge in [-0.25, -0.2) is 4.98 Å². The molecule has 122 valence electrons. The summed E-state index contributed by atoms with van der Waals surface area (Å²) in [5, 5.41) is 12.1. The van der Waals surface area contributed by atoms with Crippen molar-refractivity contribution in [3.8, 4) is 5.69 Å². The number of imidazole rings is 1. The van der Waals surface area contributed by atoms with Crippen LogP contribution in [0, 0.1) is 0 Å². The fourth-order valence-corrected chi connectivity index (χ4v) is 4.30. The Hall–Kier alpha value is -1.79. The molecule has 1 saturated carbocycles. The summed E-state index contributed by atoms with van der Waals surface area (Å²) < 4.78 is 2.80. The van der Waals surface area contributed by atoms with Crippen LogP contribution < -0.4 is 0 Å². The number of rotatable bonds is 5. The van der Waals surface area contributed by atoms with E-state index in [4.69, 9.17) is 5.11 Å². The van der Waals surface area contributed by atoms with Gasteiger partial charge in [-0.05, 0) is 51.7 Å². The van der Waals surface area contributed by atoms with Crippen LogP contribution in [0.3, 0.4) is 0 Å². The third kappa shape index (κ3) is 2.84. The van der Waals surface area contributed by atoms with Crippen LogP contribution in [0.5, 0.6) is 0 Å². The van der Waals surface area contributed by atoms with E-state index in [9.17, 15) is 4.79 Å².